The number of H-pyrrole nitrogens is 1. The number of hydrogen-bond acceptors (Lipinski definition) is 6. The number of fused-ring (bicyclic) bond motifs is 1. The molecule has 0 bridgehead atoms. The first-order valence-electron chi connectivity index (χ1n) is 11.2. The number of amides is 1. The molecule has 4 heterocycles. The molecule has 0 spiro atoms. The van der Waals surface area contributed by atoms with Crippen molar-refractivity contribution in [3.63, 3.8) is 0 Å². The Balaban J connectivity index is 1.42. The summed E-state index contributed by atoms with van der Waals surface area (Å²) in [7, 11) is 3.99. The minimum absolute atomic E-state index is 0.272. The highest BCUT2D eigenvalue weighted by molar-refractivity contribution is 6.11. The zero-order valence-electron chi connectivity index (χ0n) is 18.9. The molecule has 0 saturated carbocycles. The molecule has 4 aromatic rings. The van der Waals surface area contributed by atoms with Crippen molar-refractivity contribution >= 4 is 28.2 Å². The smallest absolute Gasteiger partial charge is 0.276 e. The fourth-order valence-corrected chi connectivity index (χ4v) is 4.30. The number of benzene rings is 1. The third kappa shape index (κ3) is 4.56. The van der Waals surface area contributed by atoms with Crippen LogP contribution in [0.5, 0.6) is 0 Å². The van der Waals surface area contributed by atoms with Crippen molar-refractivity contribution in [2.75, 3.05) is 37.4 Å². The molecule has 1 saturated heterocycles. The highest BCUT2D eigenvalue weighted by Gasteiger charge is 2.17. The molecule has 33 heavy (non-hydrogen) atoms. The van der Waals surface area contributed by atoms with E-state index in [0.717, 1.165) is 52.9 Å². The van der Waals surface area contributed by atoms with Crippen molar-refractivity contribution in [1.29, 1.82) is 0 Å². The van der Waals surface area contributed by atoms with Crippen molar-refractivity contribution in [3.05, 3.63) is 66.4 Å². The van der Waals surface area contributed by atoms with E-state index in [1.165, 1.54) is 12.8 Å². The number of rotatable bonds is 6. The summed E-state index contributed by atoms with van der Waals surface area (Å²) in [6, 6.07) is 10.1. The van der Waals surface area contributed by atoms with Crippen molar-refractivity contribution < 1.29 is 4.79 Å². The molecule has 8 heteroatoms. The van der Waals surface area contributed by atoms with Crippen LogP contribution in [0.2, 0.25) is 0 Å². The summed E-state index contributed by atoms with van der Waals surface area (Å²) in [6.07, 6.45) is 9.67. The lowest BCUT2D eigenvalue weighted by atomic mass is 10.0. The molecule has 1 aliphatic rings. The van der Waals surface area contributed by atoms with E-state index in [2.05, 4.69) is 41.3 Å². The summed E-state index contributed by atoms with van der Waals surface area (Å²) in [5.41, 5.74) is 6.00. The second-order valence-electron chi connectivity index (χ2n) is 8.73. The summed E-state index contributed by atoms with van der Waals surface area (Å²) in [5, 5.41) is 11.0. The number of aromatic nitrogens is 4. The predicted octanol–water partition coefficient (Wildman–Crippen LogP) is 3.93. The molecule has 2 N–H and O–H groups in total. The number of anilines is 2. The van der Waals surface area contributed by atoms with E-state index in [9.17, 15) is 4.79 Å². The molecule has 0 radical (unpaired) electrons. The van der Waals surface area contributed by atoms with Gasteiger partial charge in [-0.25, -0.2) is 0 Å². The fourth-order valence-electron chi connectivity index (χ4n) is 4.30. The highest BCUT2D eigenvalue weighted by Crippen LogP contribution is 2.29. The molecule has 0 unspecified atom stereocenters. The molecule has 1 aromatic carbocycles. The van der Waals surface area contributed by atoms with Crippen LogP contribution in [0.25, 0.3) is 22.0 Å². The predicted molar refractivity (Wildman–Crippen MR) is 130 cm³/mol. The van der Waals surface area contributed by atoms with Crippen LogP contribution in [0.1, 0.15) is 28.9 Å². The van der Waals surface area contributed by atoms with Crippen LogP contribution < -0.4 is 10.2 Å². The van der Waals surface area contributed by atoms with Crippen LogP contribution in [0, 0.1) is 0 Å². The summed E-state index contributed by atoms with van der Waals surface area (Å²) in [4.78, 5) is 26.2. The highest BCUT2D eigenvalue weighted by atomic mass is 16.1. The van der Waals surface area contributed by atoms with Crippen molar-refractivity contribution in [3.8, 4) is 11.1 Å². The molecule has 1 amide bonds. The van der Waals surface area contributed by atoms with Gasteiger partial charge in [0.1, 0.15) is 0 Å². The molecule has 1 fully saturated rings. The monoisotopic (exact) mass is 441 g/mol. The van der Waals surface area contributed by atoms with Gasteiger partial charge in [0.2, 0.25) is 0 Å². The van der Waals surface area contributed by atoms with Gasteiger partial charge in [0.05, 0.1) is 29.3 Å². The molecule has 168 valence electrons. The van der Waals surface area contributed by atoms with Gasteiger partial charge in [-0.2, -0.15) is 5.10 Å². The Morgan fingerprint density at radius 2 is 1.85 bits per heavy atom. The largest absolute Gasteiger partial charge is 0.370 e. The average molecular weight is 442 g/mol. The zero-order chi connectivity index (χ0) is 22.8. The van der Waals surface area contributed by atoms with Crippen LogP contribution >= 0.6 is 0 Å². The van der Waals surface area contributed by atoms with E-state index >= 15 is 0 Å². The molecular formula is C25H27N7O. The number of pyridine rings is 2. The van der Waals surface area contributed by atoms with Crippen LogP contribution in [-0.2, 0) is 6.54 Å². The zero-order valence-corrected chi connectivity index (χ0v) is 18.9. The van der Waals surface area contributed by atoms with Gasteiger partial charge in [0.15, 0.2) is 5.69 Å². The molecule has 8 nitrogen and oxygen atoms in total. The fraction of sp³-hybridized carbons (Fsp3) is 0.280. The third-order valence-corrected chi connectivity index (χ3v) is 5.86. The van der Waals surface area contributed by atoms with Gasteiger partial charge in [0.25, 0.3) is 5.91 Å². The van der Waals surface area contributed by atoms with Gasteiger partial charge < -0.3 is 15.1 Å². The van der Waals surface area contributed by atoms with E-state index in [1.807, 2.05) is 50.8 Å². The third-order valence-electron chi connectivity index (χ3n) is 5.86. The first kappa shape index (κ1) is 21.1. The van der Waals surface area contributed by atoms with Crippen LogP contribution in [0.4, 0.5) is 11.4 Å². The Morgan fingerprint density at radius 1 is 1.03 bits per heavy atom. The Labute approximate surface area is 192 Å². The molecule has 3 aromatic heterocycles. The van der Waals surface area contributed by atoms with Gasteiger partial charge in [-0.15, -0.1) is 0 Å². The van der Waals surface area contributed by atoms with Gasteiger partial charge in [-0.05, 0) is 62.3 Å². The number of nitrogens with one attached hydrogen (secondary N) is 2. The van der Waals surface area contributed by atoms with Crippen molar-refractivity contribution in [1.82, 2.24) is 25.1 Å². The minimum Gasteiger partial charge on any atom is -0.370 e. The first-order valence-corrected chi connectivity index (χ1v) is 11.2. The van der Waals surface area contributed by atoms with Crippen LogP contribution in [0.3, 0.4) is 0 Å². The van der Waals surface area contributed by atoms with E-state index < -0.39 is 0 Å². The lowest BCUT2D eigenvalue weighted by Crippen LogP contribution is -2.17. The Bertz CT molecular complexity index is 1290. The number of carbonyl (C=O) groups excluding carboxylic acids is 1. The number of aromatic amines is 1. The second kappa shape index (κ2) is 8.99. The quantitative estimate of drug-likeness (QED) is 0.471. The summed E-state index contributed by atoms with van der Waals surface area (Å²) >= 11 is 0. The van der Waals surface area contributed by atoms with Crippen molar-refractivity contribution in [2.45, 2.75) is 19.4 Å². The second-order valence-corrected chi connectivity index (χ2v) is 8.73. The molecular weight excluding hydrogens is 414 g/mol. The first-order chi connectivity index (χ1) is 16.1. The topological polar surface area (TPSA) is 90.0 Å². The number of hydrogen-bond donors (Lipinski definition) is 2. The standard InChI is InChI=1S/C25H27N7O/c1-31(2)16-17-9-20(14-26-12-17)28-25(33)24-22-11-18(5-6-23(22)29-30-24)19-10-21(15-27-13-19)32-7-3-4-8-32/h5-6,9-15H,3-4,7-8,16H2,1-2H3,(H,28,33)(H,29,30). The normalized spacial score (nSPS) is 13.7. The van der Waals surface area contributed by atoms with Gasteiger partial charge >= 0.3 is 0 Å². The van der Waals surface area contributed by atoms with E-state index in [0.29, 0.717) is 11.4 Å². The number of carbonyl (C=O) groups is 1. The Morgan fingerprint density at radius 3 is 2.67 bits per heavy atom. The molecule has 1 aliphatic heterocycles. The SMILES string of the molecule is CN(C)Cc1cncc(NC(=O)c2n[nH]c3ccc(-c4cncc(N5CCCC5)c4)cc23)c1. The van der Waals surface area contributed by atoms with Crippen LogP contribution in [0.15, 0.2) is 55.1 Å². The molecule has 0 atom stereocenters. The lowest BCUT2D eigenvalue weighted by molar-refractivity contribution is 0.102. The van der Waals surface area contributed by atoms with E-state index in [4.69, 9.17) is 0 Å². The van der Waals surface area contributed by atoms with Gasteiger partial charge in [-0.1, -0.05) is 6.07 Å². The Kier molecular flexibility index (Phi) is 5.75. The van der Waals surface area contributed by atoms with Gasteiger partial charge in [-0.3, -0.25) is 19.9 Å². The summed E-state index contributed by atoms with van der Waals surface area (Å²) in [6.45, 7) is 2.89. The summed E-state index contributed by atoms with van der Waals surface area (Å²) < 4.78 is 0. The van der Waals surface area contributed by atoms with Crippen LogP contribution in [-0.4, -0.2) is 58.2 Å². The van der Waals surface area contributed by atoms with Crippen molar-refractivity contribution in [2.24, 2.45) is 0 Å². The average Bonchev–Trinajstić information content (AvgIpc) is 3.49. The maximum absolute atomic E-state index is 13.0. The maximum Gasteiger partial charge on any atom is 0.276 e. The number of nitrogens with zero attached hydrogens (tertiary/aromatic N) is 5. The van der Waals surface area contributed by atoms with E-state index in [1.54, 1.807) is 12.4 Å². The minimum atomic E-state index is -0.272. The Hall–Kier alpha value is -3.78. The summed E-state index contributed by atoms with van der Waals surface area (Å²) in [5.74, 6) is -0.272. The molecule has 5 rings (SSSR count). The van der Waals surface area contributed by atoms with Gasteiger partial charge in [0, 0.05) is 43.0 Å². The maximum atomic E-state index is 13.0. The lowest BCUT2D eigenvalue weighted by Gasteiger charge is -2.17. The molecule has 0 aliphatic carbocycles. The van der Waals surface area contributed by atoms with E-state index in [-0.39, 0.29) is 5.91 Å².